The number of benzene rings is 1. The summed E-state index contributed by atoms with van der Waals surface area (Å²) in [6, 6.07) is 7.45. The van der Waals surface area contributed by atoms with Gasteiger partial charge in [0.2, 0.25) is 4.80 Å². The number of carbonyl (C=O) groups is 1. The monoisotopic (exact) mass is 387 g/mol. The number of aromatic nitrogens is 1. The topological polar surface area (TPSA) is 79.2 Å². The lowest BCUT2D eigenvalue weighted by Crippen LogP contribution is -2.55. The second-order valence-corrected chi connectivity index (χ2v) is 7.29. The number of fused-ring (bicyclic) bond motifs is 2. The van der Waals surface area contributed by atoms with Crippen LogP contribution in [0.2, 0.25) is 0 Å². The van der Waals surface area contributed by atoms with Gasteiger partial charge >= 0.3 is 6.03 Å². The van der Waals surface area contributed by atoms with Crippen LogP contribution in [0.4, 0.5) is 4.79 Å². The largest absolute Gasteiger partial charge is 0.497 e. The molecule has 0 bridgehead atoms. The first-order valence-electron chi connectivity index (χ1n) is 8.86. The molecule has 1 saturated heterocycles. The maximum absolute atomic E-state index is 12.8. The molecule has 0 aliphatic carbocycles. The highest BCUT2D eigenvalue weighted by molar-refractivity contribution is 7.07. The van der Waals surface area contributed by atoms with E-state index in [1.807, 2.05) is 44.2 Å². The first-order valence-corrected chi connectivity index (χ1v) is 9.68. The van der Waals surface area contributed by atoms with Gasteiger partial charge in [0.15, 0.2) is 12.3 Å². The maximum Gasteiger partial charge on any atom is 0.323 e. The summed E-state index contributed by atoms with van der Waals surface area (Å²) in [7, 11) is 1.62. The molecule has 9 heteroatoms. The highest BCUT2D eigenvalue weighted by Gasteiger charge is 2.46. The Balaban J connectivity index is 1.77. The van der Waals surface area contributed by atoms with Gasteiger partial charge in [-0.25, -0.2) is 9.79 Å². The fourth-order valence-corrected chi connectivity index (χ4v) is 4.39. The molecule has 3 heterocycles. The molecule has 2 atom stereocenters. The normalized spacial score (nSPS) is 21.6. The van der Waals surface area contributed by atoms with E-state index in [0.717, 1.165) is 11.3 Å². The van der Waals surface area contributed by atoms with Gasteiger partial charge < -0.3 is 4.74 Å². The standard InChI is InChI=1S/C18H21N5O3S/c1-4-21-14-15(22(5-2)18(21)25)20-23-16(24)13(27-17(23)19-14)10-11-6-8-12(26-3)9-7-11/h6-10,14-15,20H,4-5H2,1-3H3/b13-10-. The van der Waals surface area contributed by atoms with Gasteiger partial charge in [-0.15, -0.1) is 0 Å². The summed E-state index contributed by atoms with van der Waals surface area (Å²) < 4.78 is 7.20. The van der Waals surface area contributed by atoms with Crippen LogP contribution in [0.5, 0.6) is 5.75 Å². The molecule has 0 saturated carbocycles. The van der Waals surface area contributed by atoms with Gasteiger partial charge in [0.1, 0.15) is 5.75 Å². The molecule has 1 N–H and O–H groups in total. The van der Waals surface area contributed by atoms with Gasteiger partial charge in [0.25, 0.3) is 5.56 Å². The Hall–Kier alpha value is -2.81. The molecule has 27 heavy (non-hydrogen) atoms. The third-order valence-electron chi connectivity index (χ3n) is 4.83. The Morgan fingerprint density at radius 3 is 2.52 bits per heavy atom. The summed E-state index contributed by atoms with van der Waals surface area (Å²) in [6.07, 6.45) is 1.18. The first-order chi connectivity index (χ1) is 13.1. The molecule has 1 aromatic heterocycles. The van der Waals surface area contributed by atoms with E-state index in [9.17, 15) is 9.59 Å². The summed E-state index contributed by atoms with van der Waals surface area (Å²) in [5.74, 6) is 0.766. The Kier molecular flexibility index (Phi) is 4.39. The Morgan fingerprint density at radius 1 is 1.19 bits per heavy atom. The number of urea groups is 1. The number of nitrogens with zero attached hydrogens (tertiary/aromatic N) is 4. The van der Waals surface area contributed by atoms with Crippen LogP contribution >= 0.6 is 11.3 Å². The summed E-state index contributed by atoms with van der Waals surface area (Å²) >= 11 is 1.32. The number of carbonyl (C=O) groups excluding carboxylic acids is 1. The van der Waals surface area contributed by atoms with Crippen molar-refractivity contribution in [1.29, 1.82) is 0 Å². The average Bonchev–Trinajstić information content (AvgIpc) is 3.13. The maximum atomic E-state index is 12.8. The average molecular weight is 387 g/mol. The highest BCUT2D eigenvalue weighted by Crippen LogP contribution is 2.23. The summed E-state index contributed by atoms with van der Waals surface area (Å²) in [6.45, 7) is 4.98. The Morgan fingerprint density at radius 2 is 1.89 bits per heavy atom. The van der Waals surface area contributed by atoms with Crippen LogP contribution in [0.25, 0.3) is 6.08 Å². The van der Waals surface area contributed by atoms with Crippen molar-refractivity contribution in [2.75, 3.05) is 25.6 Å². The molecule has 1 fully saturated rings. The van der Waals surface area contributed by atoms with Crippen LogP contribution in [0.15, 0.2) is 34.1 Å². The lowest BCUT2D eigenvalue weighted by Gasteiger charge is -2.28. The van der Waals surface area contributed by atoms with Crippen molar-refractivity contribution in [3.63, 3.8) is 0 Å². The van der Waals surface area contributed by atoms with Crippen LogP contribution in [0.3, 0.4) is 0 Å². The minimum Gasteiger partial charge on any atom is -0.497 e. The van der Waals surface area contributed by atoms with Crippen LogP contribution in [0, 0.1) is 0 Å². The minimum atomic E-state index is -0.337. The van der Waals surface area contributed by atoms with Crippen LogP contribution < -0.4 is 25.1 Å². The number of methoxy groups -OCH3 is 1. The number of hydrogen-bond acceptors (Lipinski definition) is 6. The molecule has 2 aromatic rings. The number of likely N-dealkylation sites (N-methyl/N-ethyl adjacent to an activating group) is 2. The highest BCUT2D eigenvalue weighted by atomic mass is 32.1. The van der Waals surface area contributed by atoms with Crippen molar-refractivity contribution in [3.8, 4) is 5.75 Å². The van der Waals surface area contributed by atoms with Crippen LogP contribution in [-0.4, -0.2) is 53.0 Å². The van der Waals surface area contributed by atoms with E-state index in [4.69, 9.17) is 9.73 Å². The van der Waals surface area contributed by atoms with Crippen LogP contribution in [0.1, 0.15) is 19.4 Å². The summed E-state index contributed by atoms with van der Waals surface area (Å²) in [5.41, 5.74) is 3.94. The van der Waals surface area contributed by atoms with Crippen LogP contribution in [-0.2, 0) is 0 Å². The molecular formula is C18H21N5O3S. The molecule has 4 rings (SSSR count). The molecule has 2 unspecified atom stereocenters. The molecule has 8 nitrogen and oxygen atoms in total. The lowest BCUT2D eigenvalue weighted by molar-refractivity contribution is 0.189. The molecule has 2 aliphatic rings. The molecule has 0 spiro atoms. The number of ether oxygens (including phenoxy) is 1. The van der Waals surface area contributed by atoms with Gasteiger partial charge in [0.05, 0.1) is 11.6 Å². The van der Waals surface area contributed by atoms with Crippen molar-refractivity contribution in [1.82, 2.24) is 14.5 Å². The van der Waals surface area contributed by atoms with E-state index in [2.05, 4.69) is 5.43 Å². The zero-order chi connectivity index (χ0) is 19.1. The molecule has 2 aliphatic heterocycles. The van der Waals surface area contributed by atoms with Gasteiger partial charge in [-0.05, 0) is 37.6 Å². The quantitative estimate of drug-likeness (QED) is 0.821. The van der Waals surface area contributed by atoms with E-state index in [1.165, 1.54) is 16.0 Å². The predicted molar refractivity (Wildman–Crippen MR) is 103 cm³/mol. The van der Waals surface area contributed by atoms with E-state index in [1.54, 1.807) is 16.9 Å². The Bertz CT molecular complexity index is 1040. The van der Waals surface area contributed by atoms with Crippen molar-refractivity contribution in [2.45, 2.75) is 26.2 Å². The lowest BCUT2D eigenvalue weighted by atomic mass is 10.2. The van der Waals surface area contributed by atoms with Crippen molar-refractivity contribution in [3.05, 3.63) is 49.5 Å². The molecule has 0 radical (unpaired) electrons. The summed E-state index contributed by atoms with van der Waals surface area (Å²) in [5, 5.41) is 0. The number of thiazole rings is 1. The SMILES string of the molecule is CCN1C(=O)N(CC)C2Nn3c(s/c(=C\c4ccc(OC)cc4)c3=O)=NC21. The van der Waals surface area contributed by atoms with Gasteiger partial charge in [-0.2, -0.15) is 4.68 Å². The minimum absolute atomic E-state index is 0.0560. The molecule has 142 valence electrons. The van der Waals surface area contributed by atoms with E-state index in [-0.39, 0.29) is 23.9 Å². The molecule has 1 aromatic carbocycles. The third kappa shape index (κ3) is 2.78. The summed E-state index contributed by atoms with van der Waals surface area (Å²) in [4.78, 5) is 34.0. The number of nitrogens with one attached hydrogen (secondary N) is 1. The zero-order valence-corrected chi connectivity index (χ0v) is 16.2. The fraction of sp³-hybridized carbons (Fsp3) is 0.389. The molecule has 2 amide bonds. The predicted octanol–water partition coefficient (Wildman–Crippen LogP) is 0.353. The smallest absolute Gasteiger partial charge is 0.323 e. The second-order valence-electron chi connectivity index (χ2n) is 6.28. The van der Waals surface area contributed by atoms with Gasteiger partial charge in [-0.1, -0.05) is 23.5 Å². The molecular weight excluding hydrogens is 366 g/mol. The Labute approximate surface area is 160 Å². The number of rotatable bonds is 4. The van der Waals surface area contributed by atoms with Gasteiger partial charge in [0, 0.05) is 13.1 Å². The van der Waals surface area contributed by atoms with Crippen molar-refractivity contribution in [2.24, 2.45) is 4.99 Å². The fourth-order valence-electron chi connectivity index (χ4n) is 3.43. The zero-order valence-electron chi connectivity index (χ0n) is 15.4. The van der Waals surface area contributed by atoms with Crippen molar-refractivity contribution >= 4 is 23.4 Å². The van der Waals surface area contributed by atoms with E-state index in [0.29, 0.717) is 22.4 Å². The van der Waals surface area contributed by atoms with E-state index < -0.39 is 0 Å². The van der Waals surface area contributed by atoms with Crippen molar-refractivity contribution < 1.29 is 9.53 Å². The first kappa shape index (κ1) is 17.6. The van der Waals surface area contributed by atoms with Gasteiger partial charge in [-0.3, -0.25) is 20.0 Å². The third-order valence-corrected chi connectivity index (χ3v) is 5.82. The second kappa shape index (κ2) is 6.73. The number of hydrogen-bond donors (Lipinski definition) is 1. The van der Waals surface area contributed by atoms with E-state index >= 15 is 0 Å². The number of amides is 2.